The molecule has 1 aromatic rings. The molecule has 1 N–H and O–H groups in total. The number of carbonyl (C=O) groups excluding carboxylic acids is 1. The van der Waals surface area contributed by atoms with Gasteiger partial charge in [0.1, 0.15) is 0 Å². The van der Waals surface area contributed by atoms with Crippen LogP contribution < -0.4 is 5.32 Å². The summed E-state index contributed by atoms with van der Waals surface area (Å²) in [6.45, 7) is 1.44. The van der Waals surface area contributed by atoms with E-state index in [4.69, 9.17) is 0 Å². The van der Waals surface area contributed by atoms with E-state index in [2.05, 4.69) is 22.9 Å². The third-order valence-electron chi connectivity index (χ3n) is 3.08. The molecule has 1 aliphatic carbocycles. The Morgan fingerprint density at radius 2 is 2.38 bits per heavy atom. The summed E-state index contributed by atoms with van der Waals surface area (Å²) in [5.74, 6) is 0.966. The molecule has 1 heterocycles. The zero-order chi connectivity index (χ0) is 11.4. The monoisotopic (exact) mass is 239 g/mol. The van der Waals surface area contributed by atoms with Crippen LogP contribution in [0.25, 0.3) is 0 Å². The zero-order valence-electron chi connectivity index (χ0n) is 9.22. The molecule has 1 saturated carbocycles. The molecule has 16 heavy (non-hydrogen) atoms. The molecular formula is C11H17N3OS. The van der Waals surface area contributed by atoms with E-state index in [0.717, 1.165) is 25.1 Å². The highest BCUT2D eigenvalue weighted by Gasteiger charge is 2.42. The van der Waals surface area contributed by atoms with Gasteiger partial charge < -0.3 is 9.88 Å². The van der Waals surface area contributed by atoms with Crippen molar-refractivity contribution in [1.29, 1.82) is 0 Å². The first-order valence-corrected chi connectivity index (χ1v) is 6.21. The molecule has 0 aromatic carbocycles. The van der Waals surface area contributed by atoms with Gasteiger partial charge in [-0.25, -0.2) is 4.98 Å². The molecule has 5 heteroatoms. The highest BCUT2D eigenvalue weighted by Crippen LogP contribution is 2.49. The van der Waals surface area contributed by atoms with Crippen molar-refractivity contribution in [2.45, 2.75) is 25.8 Å². The fourth-order valence-electron chi connectivity index (χ4n) is 1.71. The molecule has 1 fully saturated rings. The summed E-state index contributed by atoms with van der Waals surface area (Å²) in [7, 11) is 0. The van der Waals surface area contributed by atoms with Crippen molar-refractivity contribution >= 4 is 18.5 Å². The molecular weight excluding hydrogens is 222 g/mol. The van der Waals surface area contributed by atoms with Gasteiger partial charge in [0.15, 0.2) is 0 Å². The van der Waals surface area contributed by atoms with Gasteiger partial charge in [-0.05, 0) is 24.0 Å². The van der Waals surface area contributed by atoms with Gasteiger partial charge in [0.2, 0.25) is 5.91 Å². The summed E-state index contributed by atoms with van der Waals surface area (Å²) in [6, 6.07) is 0. The molecule has 4 nitrogen and oxygen atoms in total. The third-order valence-corrected chi connectivity index (χ3v) is 3.75. The van der Waals surface area contributed by atoms with E-state index in [9.17, 15) is 4.79 Å². The molecule has 0 atom stereocenters. The SMILES string of the molecule is O=C(CC1(CS)CC1)NCCn1ccnc1. The topological polar surface area (TPSA) is 46.9 Å². The van der Waals surface area contributed by atoms with Crippen molar-refractivity contribution in [3.8, 4) is 0 Å². The van der Waals surface area contributed by atoms with Crippen molar-refractivity contribution in [2.75, 3.05) is 12.3 Å². The Bertz CT molecular complexity index is 346. The Morgan fingerprint density at radius 3 is 2.94 bits per heavy atom. The second-order valence-corrected chi connectivity index (χ2v) is 4.80. The summed E-state index contributed by atoms with van der Waals surface area (Å²) in [5, 5.41) is 2.93. The van der Waals surface area contributed by atoms with Gasteiger partial charge in [-0.2, -0.15) is 12.6 Å². The van der Waals surface area contributed by atoms with E-state index in [0.29, 0.717) is 13.0 Å². The van der Waals surface area contributed by atoms with Crippen molar-refractivity contribution in [1.82, 2.24) is 14.9 Å². The van der Waals surface area contributed by atoms with Crippen LogP contribution in [0.4, 0.5) is 0 Å². The van der Waals surface area contributed by atoms with E-state index in [1.165, 1.54) is 0 Å². The van der Waals surface area contributed by atoms with Crippen LogP contribution in [0.1, 0.15) is 19.3 Å². The minimum atomic E-state index is 0.145. The number of thiol groups is 1. The average Bonchev–Trinajstić information content (AvgIpc) is 2.85. The second-order valence-electron chi connectivity index (χ2n) is 4.49. The summed E-state index contributed by atoms with van der Waals surface area (Å²) in [4.78, 5) is 15.6. The minimum absolute atomic E-state index is 0.145. The number of nitrogens with zero attached hydrogens (tertiary/aromatic N) is 2. The summed E-state index contributed by atoms with van der Waals surface area (Å²) in [6.07, 6.45) is 8.30. The summed E-state index contributed by atoms with van der Waals surface area (Å²) >= 11 is 4.29. The van der Waals surface area contributed by atoms with Crippen LogP contribution in [0, 0.1) is 5.41 Å². The lowest BCUT2D eigenvalue weighted by Gasteiger charge is -2.11. The number of hydrogen-bond donors (Lipinski definition) is 2. The first kappa shape index (κ1) is 11.5. The van der Waals surface area contributed by atoms with E-state index in [1.807, 2.05) is 10.8 Å². The maximum Gasteiger partial charge on any atom is 0.220 e. The van der Waals surface area contributed by atoms with Crippen molar-refractivity contribution in [3.63, 3.8) is 0 Å². The molecule has 0 spiro atoms. The number of carbonyl (C=O) groups is 1. The van der Waals surface area contributed by atoms with Gasteiger partial charge in [-0.15, -0.1) is 0 Å². The van der Waals surface area contributed by atoms with Crippen LogP contribution in [-0.2, 0) is 11.3 Å². The average molecular weight is 239 g/mol. The smallest absolute Gasteiger partial charge is 0.220 e. The van der Waals surface area contributed by atoms with E-state index >= 15 is 0 Å². The molecule has 0 aliphatic heterocycles. The molecule has 1 aromatic heterocycles. The summed E-state index contributed by atoms with van der Waals surface area (Å²) in [5.41, 5.74) is 0.211. The fraction of sp³-hybridized carbons (Fsp3) is 0.636. The van der Waals surface area contributed by atoms with Gasteiger partial charge in [-0.1, -0.05) is 0 Å². The maximum atomic E-state index is 11.6. The zero-order valence-corrected chi connectivity index (χ0v) is 10.1. The maximum absolute atomic E-state index is 11.6. The van der Waals surface area contributed by atoms with E-state index in [-0.39, 0.29) is 11.3 Å². The molecule has 0 unspecified atom stereocenters. The van der Waals surface area contributed by atoms with Crippen molar-refractivity contribution < 1.29 is 4.79 Å². The summed E-state index contributed by atoms with van der Waals surface area (Å²) < 4.78 is 1.95. The molecule has 1 aliphatic rings. The van der Waals surface area contributed by atoms with Gasteiger partial charge in [0.25, 0.3) is 0 Å². The molecule has 0 saturated heterocycles. The van der Waals surface area contributed by atoms with Gasteiger partial charge in [-0.3, -0.25) is 4.79 Å². The highest BCUT2D eigenvalue weighted by molar-refractivity contribution is 7.80. The number of nitrogens with one attached hydrogen (secondary N) is 1. The van der Waals surface area contributed by atoms with E-state index in [1.54, 1.807) is 12.5 Å². The normalized spacial score (nSPS) is 17.1. The Hall–Kier alpha value is -0.970. The Labute approximate surface area is 101 Å². The van der Waals surface area contributed by atoms with Gasteiger partial charge >= 0.3 is 0 Å². The van der Waals surface area contributed by atoms with Crippen molar-refractivity contribution in [3.05, 3.63) is 18.7 Å². The molecule has 0 radical (unpaired) electrons. The number of amides is 1. The Balaban J connectivity index is 1.64. The van der Waals surface area contributed by atoms with Crippen LogP contribution in [0.15, 0.2) is 18.7 Å². The van der Waals surface area contributed by atoms with Crippen LogP contribution in [0.5, 0.6) is 0 Å². The number of aromatic nitrogens is 2. The molecule has 0 bridgehead atoms. The fourth-order valence-corrected chi connectivity index (χ4v) is 2.14. The lowest BCUT2D eigenvalue weighted by Crippen LogP contribution is -2.29. The lowest BCUT2D eigenvalue weighted by molar-refractivity contribution is -0.122. The number of imidazole rings is 1. The Kier molecular flexibility index (Phi) is 3.53. The molecule has 88 valence electrons. The predicted octanol–water partition coefficient (Wildman–Crippen LogP) is 1.10. The van der Waals surface area contributed by atoms with Crippen LogP contribution in [-0.4, -0.2) is 27.8 Å². The number of hydrogen-bond acceptors (Lipinski definition) is 3. The van der Waals surface area contributed by atoms with Crippen molar-refractivity contribution in [2.24, 2.45) is 5.41 Å². The first-order chi connectivity index (χ1) is 7.74. The predicted molar refractivity (Wildman–Crippen MR) is 65.4 cm³/mol. The van der Waals surface area contributed by atoms with Crippen LogP contribution in [0.2, 0.25) is 0 Å². The van der Waals surface area contributed by atoms with Crippen LogP contribution in [0.3, 0.4) is 0 Å². The molecule has 1 amide bonds. The minimum Gasteiger partial charge on any atom is -0.354 e. The van der Waals surface area contributed by atoms with Gasteiger partial charge in [0, 0.05) is 31.9 Å². The third kappa shape index (κ3) is 3.01. The van der Waals surface area contributed by atoms with E-state index < -0.39 is 0 Å². The quantitative estimate of drug-likeness (QED) is 0.730. The largest absolute Gasteiger partial charge is 0.354 e. The number of rotatable bonds is 6. The highest BCUT2D eigenvalue weighted by atomic mass is 32.1. The second kappa shape index (κ2) is 4.91. The first-order valence-electron chi connectivity index (χ1n) is 5.57. The Morgan fingerprint density at radius 1 is 1.56 bits per heavy atom. The molecule has 2 rings (SSSR count). The van der Waals surface area contributed by atoms with Gasteiger partial charge in [0.05, 0.1) is 6.33 Å². The standard InChI is InChI=1S/C11H17N3OS/c15-10(7-11(8-16)1-2-11)13-4-6-14-5-3-12-9-14/h3,5,9,16H,1-2,4,6-8H2,(H,13,15). The van der Waals surface area contributed by atoms with Crippen LogP contribution >= 0.6 is 12.6 Å². The lowest BCUT2D eigenvalue weighted by atomic mass is 10.1.